The van der Waals surface area contributed by atoms with Crippen LogP contribution in [0.5, 0.6) is 0 Å². The van der Waals surface area contributed by atoms with Gasteiger partial charge in [0.2, 0.25) is 0 Å². The quantitative estimate of drug-likeness (QED) is 0.881. The van der Waals surface area contributed by atoms with Crippen LogP contribution in [0.25, 0.3) is 5.69 Å². The smallest absolute Gasteiger partial charge is 0.337 e. The van der Waals surface area contributed by atoms with E-state index in [1.807, 2.05) is 0 Å². The second-order valence-corrected chi connectivity index (χ2v) is 5.30. The zero-order chi connectivity index (χ0) is 13.3. The summed E-state index contributed by atoms with van der Waals surface area (Å²) >= 11 is 6.66. The van der Waals surface area contributed by atoms with E-state index in [0.29, 0.717) is 10.2 Å². The molecule has 2 rings (SSSR count). The van der Waals surface area contributed by atoms with E-state index in [0.717, 1.165) is 4.47 Å². The lowest BCUT2D eigenvalue weighted by molar-refractivity contribution is 0.0696. The molecule has 0 unspecified atom stereocenters. The lowest BCUT2D eigenvalue weighted by Gasteiger charge is -2.09. The maximum atomic E-state index is 11.8. The number of carboxylic acid groups (broad SMARTS) is 1. The van der Waals surface area contributed by atoms with Crippen molar-refractivity contribution in [1.82, 2.24) is 4.57 Å². The summed E-state index contributed by atoms with van der Waals surface area (Å²) in [7, 11) is 0. The molecule has 0 amide bonds. The molecule has 0 aliphatic heterocycles. The minimum absolute atomic E-state index is 0.0596. The van der Waals surface area contributed by atoms with E-state index >= 15 is 0 Å². The number of rotatable bonds is 2. The molecule has 0 aliphatic rings. The highest BCUT2D eigenvalue weighted by atomic mass is 79.9. The predicted molar refractivity (Wildman–Crippen MR) is 74.4 cm³/mol. The number of hydrogen-bond acceptors (Lipinski definition) is 2. The average molecular weight is 373 g/mol. The summed E-state index contributed by atoms with van der Waals surface area (Å²) in [6.07, 6.45) is 1.30. The standard InChI is InChI=1S/C12H7Br2NO3/c13-8-2-3-10(9(14)5-8)15-6-7(12(17)18)1-4-11(15)16/h1-6H,(H,17,18). The monoisotopic (exact) mass is 371 g/mol. The molecule has 92 valence electrons. The third-order valence-electron chi connectivity index (χ3n) is 2.33. The van der Waals surface area contributed by atoms with Crippen LogP contribution in [-0.4, -0.2) is 15.6 Å². The molecule has 0 spiro atoms. The van der Waals surface area contributed by atoms with E-state index in [1.54, 1.807) is 18.2 Å². The molecule has 0 aliphatic carbocycles. The SMILES string of the molecule is O=C(O)c1ccc(=O)n(-c2ccc(Br)cc2Br)c1. The number of carbonyl (C=O) groups is 1. The number of aromatic nitrogens is 1. The maximum Gasteiger partial charge on any atom is 0.337 e. The Hall–Kier alpha value is -1.40. The molecule has 2 aromatic rings. The van der Waals surface area contributed by atoms with Crippen LogP contribution in [0.4, 0.5) is 0 Å². The van der Waals surface area contributed by atoms with Gasteiger partial charge in [-0.3, -0.25) is 9.36 Å². The van der Waals surface area contributed by atoms with Crippen LogP contribution in [-0.2, 0) is 0 Å². The first-order valence-electron chi connectivity index (χ1n) is 4.90. The van der Waals surface area contributed by atoms with E-state index in [2.05, 4.69) is 31.9 Å². The van der Waals surface area contributed by atoms with E-state index in [-0.39, 0.29) is 11.1 Å². The number of pyridine rings is 1. The minimum Gasteiger partial charge on any atom is -0.478 e. The first-order valence-corrected chi connectivity index (χ1v) is 6.49. The molecule has 0 fully saturated rings. The molecule has 0 atom stereocenters. The number of carboxylic acids is 1. The molecule has 0 radical (unpaired) electrons. The zero-order valence-electron chi connectivity index (χ0n) is 8.93. The van der Waals surface area contributed by atoms with E-state index in [9.17, 15) is 9.59 Å². The van der Waals surface area contributed by atoms with Crippen molar-refractivity contribution in [2.45, 2.75) is 0 Å². The van der Waals surface area contributed by atoms with Crippen molar-refractivity contribution in [3.63, 3.8) is 0 Å². The number of halogens is 2. The zero-order valence-corrected chi connectivity index (χ0v) is 12.1. The Morgan fingerprint density at radius 1 is 1.17 bits per heavy atom. The fourth-order valence-corrected chi connectivity index (χ4v) is 2.72. The lowest BCUT2D eigenvalue weighted by Crippen LogP contribution is -2.18. The lowest BCUT2D eigenvalue weighted by atomic mass is 10.2. The predicted octanol–water partition coefficient (Wildman–Crippen LogP) is 3.06. The summed E-state index contributed by atoms with van der Waals surface area (Å²) in [6.45, 7) is 0. The fraction of sp³-hybridized carbons (Fsp3) is 0. The third-order valence-corrected chi connectivity index (χ3v) is 3.46. The summed E-state index contributed by atoms with van der Waals surface area (Å²) in [5, 5.41) is 8.93. The van der Waals surface area contributed by atoms with Crippen molar-refractivity contribution >= 4 is 37.8 Å². The van der Waals surface area contributed by atoms with Crippen molar-refractivity contribution < 1.29 is 9.90 Å². The van der Waals surface area contributed by atoms with Gasteiger partial charge in [0.15, 0.2) is 0 Å². The van der Waals surface area contributed by atoms with E-state index in [4.69, 9.17) is 5.11 Å². The van der Waals surface area contributed by atoms with Gasteiger partial charge in [-0.15, -0.1) is 0 Å². The normalized spacial score (nSPS) is 10.3. The highest BCUT2D eigenvalue weighted by Crippen LogP contribution is 2.24. The van der Waals surface area contributed by atoms with Gasteiger partial charge < -0.3 is 5.11 Å². The fourth-order valence-electron chi connectivity index (χ4n) is 1.48. The van der Waals surface area contributed by atoms with Gasteiger partial charge in [0.1, 0.15) is 0 Å². The number of nitrogens with zero attached hydrogens (tertiary/aromatic N) is 1. The highest BCUT2D eigenvalue weighted by Gasteiger charge is 2.09. The molecule has 4 nitrogen and oxygen atoms in total. The topological polar surface area (TPSA) is 59.3 Å². The molecule has 1 aromatic carbocycles. The van der Waals surface area contributed by atoms with Gasteiger partial charge in [-0.1, -0.05) is 15.9 Å². The Labute approximate surface area is 119 Å². The van der Waals surface area contributed by atoms with Gasteiger partial charge in [0, 0.05) is 21.2 Å². The van der Waals surface area contributed by atoms with Crippen molar-refractivity contribution in [1.29, 1.82) is 0 Å². The van der Waals surface area contributed by atoms with Crippen molar-refractivity contribution in [3.05, 3.63) is 61.4 Å². The van der Waals surface area contributed by atoms with Crippen molar-refractivity contribution in [3.8, 4) is 5.69 Å². The third kappa shape index (κ3) is 2.54. The van der Waals surface area contributed by atoms with Crippen molar-refractivity contribution in [2.75, 3.05) is 0 Å². The molecular weight excluding hydrogens is 366 g/mol. The van der Waals surface area contributed by atoms with E-state index < -0.39 is 5.97 Å². The molecular formula is C12H7Br2NO3. The van der Waals surface area contributed by atoms with Crippen LogP contribution in [0, 0.1) is 0 Å². The number of hydrogen-bond donors (Lipinski definition) is 1. The van der Waals surface area contributed by atoms with Gasteiger partial charge >= 0.3 is 5.97 Å². The summed E-state index contributed by atoms with van der Waals surface area (Å²) in [5.41, 5.74) is 0.360. The number of benzene rings is 1. The first-order chi connectivity index (χ1) is 8.49. The first kappa shape index (κ1) is 13.0. The highest BCUT2D eigenvalue weighted by molar-refractivity contribution is 9.11. The maximum absolute atomic E-state index is 11.8. The average Bonchev–Trinajstić information content (AvgIpc) is 2.30. The molecule has 0 saturated carbocycles. The van der Waals surface area contributed by atoms with Crippen LogP contribution in [0.1, 0.15) is 10.4 Å². The Balaban J connectivity index is 2.66. The molecule has 1 aromatic heterocycles. The van der Waals surface area contributed by atoms with E-state index in [1.165, 1.54) is 22.9 Å². The van der Waals surface area contributed by atoms with Gasteiger partial charge in [0.25, 0.3) is 5.56 Å². The Morgan fingerprint density at radius 3 is 2.50 bits per heavy atom. The second-order valence-electron chi connectivity index (χ2n) is 3.53. The van der Waals surface area contributed by atoms with Crippen LogP contribution >= 0.6 is 31.9 Å². The minimum atomic E-state index is -1.07. The number of aromatic carboxylic acids is 1. The van der Waals surface area contributed by atoms with Gasteiger partial charge in [-0.25, -0.2) is 4.79 Å². The largest absolute Gasteiger partial charge is 0.478 e. The van der Waals surface area contributed by atoms with Gasteiger partial charge in [0.05, 0.1) is 11.3 Å². The van der Waals surface area contributed by atoms with Gasteiger partial charge in [-0.05, 0) is 40.2 Å². The Bertz CT molecular complexity index is 679. The van der Waals surface area contributed by atoms with Gasteiger partial charge in [-0.2, -0.15) is 0 Å². The van der Waals surface area contributed by atoms with Crippen LogP contribution < -0.4 is 5.56 Å². The van der Waals surface area contributed by atoms with Crippen LogP contribution in [0.15, 0.2) is 50.3 Å². The molecule has 6 heteroatoms. The Kier molecular flexibility index (Phi) is 3.68. The second kappa shape index (κ2) is 5.07. The molecule has 1 N–H and O–H groups in total. The van der Waals surface area contributed by atoms with Crippen LogP contribution in [0.2, 0.25) is 0 Å². The summed E-state index contributed by atoms with van der Waals surface area (Å²) in [4.78, 5) is 22.7. The summed E-state index contributed by atoms with van der Waals surface area (Å²) in [6, 6.07) is 7.81. The van der Waals surface area contributed by atoms with Crippen molar-refractivity contribution in [2.24, 2.45) is 0 Å². The molecule has 1 heterocycles. The molecule has 0 saturated heterocycles. The van der Waals surface area contributed by atoms with Crippen LogP contribution in [0.3, 0.4) is 0 Å². The summed E-state index contributed by atoms with van der Waals surface area (Å²) < 4.78 is 2.85. The summed E-state index contributed by atoms with van der Waals surface area (Å²) in [5.74, 6) is -1.07. The molecule has 0 bridgehead atoms. The molecule has 18 heavy (non-hydrogen) atoms. The Morgan fingerprint density at radius 2 is 1.89 bits per heavy atom.